The van der Waals surface area contributed by atoms with E-state index in [9.17, 15) is 9.90 Å². The highest BCUT2D eigenvalue weighted by molar-refractivity contribution is 5.96. The highest BCUT2D eigenvalue weighted by atomic mass is 16.6. The molecule has 0 spiro atoms. The van der Waals surface area contributed by atoms with Gasteiger partial charge in [0, 0.05) is 20.0 Å². The van der Waals surface area contributed by atoms with Crippen LogP contribution in [0.4, 0.5) is 0 Å². The van der Waals surface area contributed by atoms with Gasteiger partial charge in [-0.15, -0.1) is 5.73 Å². The van der Waals surface area contributed by atoms with Gasteiger partial charge in [-0.25, -0.2) is 0 Å². The highest BCUT2D eigenvalue weighted by Gasteiger charge is 2.76. The molecule has 4 nitrogen and oxygen atoms in total. The average molecular weight is 663 g/mol. The Labute approximate surface area is 295 Å². The molecule has 0 aromatic rings. The van der Waals surface area contributed by atoms with Crippen molar-refractivity contribution in [1.29, 1.82) is 0 Å². The van der Waals surface area contributed by atoms with E-state index >= 15 is 0 Å². The van der Waals surface area contributed by atoms with Crippen LogP contribution >= 0.6 is 0 Å². The lowest BCUT2D eigenvalue weighted by Crippen LogP contribution is -2.48. The SMILES string of the molecule is C=C=C1CCC(OC)CC1(C)C.CC.CC.C\C=C/C=C/C(C)=C/C=C/C=C(C)/C=C/C=C(\C)C(=O)CC12OC1(C)CC(O)CC2(C)C. The van der Waals surface area contributed by atoms with E-state index in [1.165, 1.54) is 11.1 Å². The van der Waals surface area contributed by atoms with E-state index in [0.29, 0.717) is 25.4 Å². The largest absolute Gasteiger partial charge is 0.393 e. The van der Waals surface area contributed by atoms with Crippen molar-refractivity contribution >= 4 is 5.78 Å². The molecule has 0 aromatic heterocycles. The molecule has 3 fully saturated rings. The van der Waals surface area contributed by atoms with Crippen LogP contribution in [0, 0.1) is 10.8 Å². The summed E-state index contributed by atoms with van der Waals surface area (Å²) in [5.74, 6) is 0.107. The molecule has 1 saturated heterocycles. The number of allylic oxidation sites excluding steroid dienone is 15. The van der Waals surface area contributed by atoms with E-state index < -0.39 is 11.2 Å². The molecule has 4 atom stereocenters. The zero-order chi connectivity index (χ0) is 37.2. The first-order valence-corrected chi connectivity index (χ1v) is 18.1. The van der Waals surface area contributed by atoms with Crippen molar-refractivity contribution in [3.8, 4) is 0 Å². The molecule has 1 N–H and O–H groups in total. The van der Waals surface area contributed by atoms with E-state index in [0.717, 1.165) is 30.4 Å². The topological polar surface area (TPSA) is 59.1 Å². The van der Waals surface area contributed by atoms with Crippen LogP contribution in [0.3, 0.4) is 0 Å². The number of hydrogen-bond acceptors (Lipinski definition) is 4. The fourth-order valence-electron chi connectivity index (χ4n) is 6.77. The lowest BCUT2D eigenvalue weighted by Gasteiger charge is -2.40. The van der Waals surface area contributed by atoms with Gasteiger partial charge in [-0.2, -0.15) is 0 Å². The first-order valence-electron chi connectivity index (χ1n) is 18.1. The lowest BCUT2D eigenvalue weighted by molar-refractivity contribution is -0.118. The molecule has 3 rings (SSSR count). The van der Waals surface area contributed by atoms with E-state index in [2.05, 4.69) is 59.1 Å². The van der Waals surface area contributed by atoms with Gasteiger partial charge in [0.15, 0.2) is 5.78 Å². The van der Waals surface area contributed by atoms with Gasteiger partial charge in [-0.05, 0) is 82.3 Å². The van der Waals surface area contributed by atoms with Gasteiger partial charge in [-0.1, -0.05) is 140 Å². The molecule has 3 aliphatic rings. The minimum atomic E-state index is -0.469. The van der Waals surface area contributed by atoms with Gasteiger partial charge >= 0.3 is 0 Å². The highest BCUT2D eigenvalue weighted by Crippen LogP contribution is 2.67. The summed E-state index contributed by atoms with van der Waals surface area (Å²) in [6.45, 7) is 30.4. The zero-order valence-electron chi connectivity index (χ0n) is 33.1. The number of fused-ring (bicyclic) bond motifs is 1. The summed E-state index contributed by atoms with van der Waals surface area (Å²) in [6, 6.07) is 0. The maximum absolute atomic E-state index is 12.9. The van der Waals surface area contributed by atoms with Crippen molar-refractivity contribution in [2.45, 2.75) is 152 Å². The molecule has 0 bridgehead atoms. The molecule has 0 aromatic carbocycles. The molecule has 4 unspecified atom stereocenters. The second kappa shape index (κ2) is 21.4. The van der Waals surface area contributed by atoms with Crippen LogP contribution < -0.4 is 0 Å². The summed E-state index contributed by atoms with van der Waals surface area (Å²) >= 11 is 0. The summed E-state index contributed by atoms with van der Waals surface area (Å²) in [6.07, 6.45) is 27.0. The number of carbonyl (C=O) groups excluding carboxylic acids is 1. The Morgan fingerprint density at radius 2 is 1.46 bits per heavy atom. The Morgan fingerprint density at radius 3 is 1.94 bits per heavy atom. The molecule has 2 aliphatic carbocycles. The third-order valence-electron chi connectivity index (χ3n) is 9.54. The van der Waals surface area contributed by atoms with E-state index in [1.807, 2.05) is 110 Å². The molecule has 1 heterocycles. The molecule has 2 saturated carbocycles. The Morgan fingerprint density at radius 1 is 0.896 bits per heavy atom. The molecule has 4 heteroatoms. The second-order valence-electron chi connectivity index (χ2n) is 14.1. The Kier molecular flexibility index (Phi) is 20.1. The smallest absolute Gasteiger partial charge is 0.161 e. The quantitative estimate of drug-likeness (QED) is 0.109. The summed E-state index contributed by atoms with van der Waals surface area (Å²) in [5.41, 5.74) is 6.56. The van der Waals surface area contributed by atoms with E-state index in [4.69, 9.17) is 9.47 Å². The minimum Gasteiger partial charge on any atom is -0.393 e. The van der Waals surface area contributed by atoms with Crippen LogP contribution in [0.15, 0.2) is 101 Å². The van der Waals surface area contributed by atoms with Gasteiger partial charge in [0.25, 0.3) is 0 Å². The number of aliphatic hydroxyl groups is 1. The van der Waals surface area contributed by atoms with Crippen LogP contribution in [0.5, 0.6) is 0 Å². The fourth-order valence-corrected chi connectivity index (χ4v) is 6.77. The summed E-state index contributed by atoms with van der Waals surface area (Å²) in [4.78, 5) is 12.9. The number of ether oxygens (including phenoxy) is 2. The third kappa shape index (κ3) is 13.3. The maximum Gasteiger partial charge on any atom is 0.161 e. The lowest BCUT2D eigenvalue weighted by atomic mass is 9.61. The Hall–Kier alpha value is -2.75. The number of Topliss-reactive ketones (excluding diaryl/α,β-unsaturated/α-hetero) is 1. The van der Waals surface area contributed by atoms with Crippen LogP contribution in [0.2, 0.25) is 0 Å². The fraction of sp³-hybridized carbons (Fsp3) is 0.591. The molecule has 48 heavy (non-hydrogen) atoms. The van der Waals surface area contributed by atoms with Gasteiger partial charge in [0.05, 0.1) is 17.8 Å². The monoisotopic (exact) mass is 663 g/mol. The van der Waals surface area contributed by atoms with Crippen molar-refractivity contribution < 1.29 is 19.4 Å². The van der Waals surface area contributed by atoms with Crippen LogP contribution in [0.25, 0.3) is 0 Å². The van der Waals surface area contributed by atoms with Gasteiger partial charge < -0.3 is 14.6 Å². The maximum atomic E-state index is 12.9. The molecular formula is C44H70O4. The predicted molar refractivity (Wildman–Crippen MR) is 208 cm³/mol. The number of hydrogen-bond donors (Lipinski definition) is 1. The Balaban J connectivity index is 0.00000115. The molecule has 1 aliphatic heterocycles. The van der Waals surface area contributed by atoms with Crippen LogP contribution in [0.1, 0.15) is 129 Å². The summed E-state index contributed by atoms with van der Waals surface area (Å²) in [7, 11) is 1.80. The second-order valence-corrected chi connectivity index (χ2v) is 14.1. The zero-order valence-corrected chi connectivity index (χ0v) is 33.1. The normalized spacial score (nSPS) is 28.1. The van der Waals surface area contributed by atoms with Crippen molar-refractivity contribution in [2.75, 3.05) is 7.11 Å². The molecule has 0 radical (unpaired) electrons. The number of aliphatic hydroxyl groups excluding tert-OH is 1. The number of carbonyl (C=O) groups is 1. The van der Waals surface area contributed by atoms with Gasteiger partial charge in [0.1, 0.15) is 5.60 Å². The van der Waals surface area contributed by atoms with Crippen molar-refractivity contribution in [2.24, 2.45) is 10.8 Å². The predicted octanol–water partition coefficient (Wildman–Crippen LogP) is 11.7. The molecule has 270 valence electrons. The summed E-state index contributed by atoms with van der Waals surface area (Å²) in [5, 5.41) is 10.2. The summed E-state index contributed by atoms with van der Waals surface area (Å²) < 4.78 is 11.5. The Bertz CT molecular complexity index is 1270. The van der Waals surface area contributed by atoms with Crippen molar-refractivity contribution in [3.05, 3.63) is 101 Å². The average Bonchev–Trinajstić information content (AvgIpc) is 3.65. The van der Waals surface area contributed by atoms with Gasteiger partial charge in [-0.3, -0.25) is 4.79 Å². The van der Waals surface area contributed by atoms with Crippen LogP contribution in [-0.2, 0) is 14.3 Å². The van der Waals surface area contributed by atoms with Crippen molar-refractivity contribution in [1.82, 2.24) is 0 Å². The third-order valence-corrected chi connectivity index (χ3v) is 9.54. The van der Waals surface area contributed by atoms with Gasteiger partial charge in [0.2, 0.25) is 0 Å². The molecule has 0 amide bonds. The number of methoxy groups -OCH3 is 1. The van der Waals surface area contributed by atoms with E-state index in [1.54, 1.807) is 7.11 Å². The first-order chi connectivity index (χ1) is 22.6. The molecular weight excluding hydrogens is 592 g/mol. The van der Waals surface area contributed by atoms with Crippen LogP contribution in [-0.4, -0.2) is 41.4 Å². The number of epoxide rings is 1. The standard InChI is InChI=1S/C29H40O3.C11H18O.2C2H6/c1-8-9-10-14-22(2)15-11-12-16-23(3)17-13-18-24(4)26(31)21-29-27(5,6)19-25(30)20-28(29,7)32-29;1-5-9-6-7-10(12-4)8-11(9,2)3;2*1-2/h8-18,25,30H,19-21H2,1-7H3;10H,1,6-8H2,2-4H3;2*1-2H3/b9-8-,12-11+,14-10+,17-13+,22-15+,23-16+,24-18+;;;. The minimum absolute atomic E-state index is 0.107. The van der Waals surface area contributed by atoms with Crippen molar-refractivity contribution in [3.63, 3.8) is 0 Å². The number of rotatable bonds is 10. The first kappa shape index (κ1) is 45.2. The number of ketones is 1. The van der Waals surface area contributed by atoms with E-state index in [-0.39, 0.29) is 22.7 Å².